The summed E-state index contributed by atoms with van der Waals surface area (Å²) in [7, 11) is 0. The lowest BCUT2D eigenvalue weighted by molar-refractivity contribution is 0.541. The summed E-state index contributed by atoms with van der Waals surface area (Å²) >= 11 is 6.55. The van der Waals surface area contributed by atoms with Gasteiger partial charge < -0.3 is 5.32 Å². The predicted molar refractivity (Wildman–Crippen MR) is 88.5 cm³/mol. The third-order valence-electron chi connectivity index (χ3n) is 3.29. The highest BCUT2D eigenvalue weighted by Gasteiger charge is 2.21. The lowest BCUT2D eigenvalue weighted by Crippen LogP contribution is -2.23. The Kier molecular flexibility index (Phi) is 5.52. The molecule has 0 radical (unpaired) electrons. The van der Waals surface area contributed by atoms with Crippen LogP contribution in [0.4, 0.5) is 8.78 Å². The van der Waals surface area contributed by atoms with Crippen LogP contribution in [0.15, 0.2) is 39.3 Å². The van der Waals surface area contributed by atoms with E-state index in [0.717, 1.165) is 15.6 Å². The number of halogens is 4. The quantitative estimate of drug-likeness (QED) is 0.646. The molecule has 1 N–H and O–H groups in total. The fraction of sp³-hybridized carbons (Fsp3) is 0.250. The highest BCUT2D eigenvalue weighted by atomic mass is 79.9. The van der Waals surface area contributed by atoms with Crippen molar-refractivity contribution in [1.29, 1.82) is 0 Å². The van der Waals surface area contributed by atoms with Crippen molar-refractivity contribution < 1.29 is 8.78 Å². The number of rotatable bonds is 4. The van der Waals surface area contributed by atoms with E-state index in [1.54, 1.807) is 0 Å². The Morgan fingerprint density at radius 3 is 2.48 bits per heavy atom. The first-order valence-electron chi connectivity index (χ1n) is 6.58. The van der Waals surface area contributed by atoms with E-state index in [9.17, 15) is 8.78 Å². The number of hydrogen-bond donors (Lipinski definition) is 1. The molecule has 1 unspecified atom stereocenters. The number of nitrogens with one attached hydrogen (secondary N) is 1. The van der Waals surface area contributed by atoms with Crippen LogP contribution in [0.25, 0.3) is 0 Å². The molecule has 0 saturated heterocycles. The second kappa shape index (κ2) is 6.99. The second-order valence-electron chi connectivity index (χ2n) is 4.76. The topological polar surface area (TPSA) is 12.0 Å². The molecule has 1 atom stereocenters. The number of aryl methyl sites for hydroxylation is 1. The first-order valence-corrected chi connectivity index (χ1v) is 8.17. The van der Waals surface area contributed by atoms with Crippen LogP contribution in [-0.4, -0.2) is 6.54 Å². The van der Waals surface area contributed by atoms with Gasteiger partial charge >= 0.3 is 0 Å². The Bertz CT molecular complexity index is 659. The van der Waals surface area contributed by atoms with Crippen LogP contribution >= 0.6 is 31.9 Å². The van der Waals surface area contributed by atoms with E-state index in [0.29, 0.717) is 12.1 Å². The van der Waals surface area contributed by atoms with Gasteiger partial charge in [-0.2, -0.15) is 0 Å². The van der Waals surface area contributed by atoms with Crippen LogP contribution in [0.3, 0.4) is 0 Å². The fourth-order valence-corrected chi connectivity index (χ4v) is 3.05. The molecule has 0 spiro atoms. The molecule has 2 rings (SSSR count). The van der Waals surface area contributed by atoms with Crippen molar-refractivity contribution in [3.8, 4) is 0 Å². The molecule has 0 heterocycles. The van der Waals surface area contributed by atoms with Gasteiger partial charge in [0.25, 0.3) is 0 Å². The molecular weight excluding hydrogens is 404 g/mol. The number of hydrogen-bond acceptors (Lipinski definition) is 1. The van der Waals surface area contributed by atoms with E-state index < -0.39 is 17.7 Å². The summed E-state index contributed by atoms with van der Waals surface area (Å²) in [6.07, 6.45) is 0. The SMILES string of the molecule is CCNC(c1cc(F)c(Br)cc1F)c1cccc(C)c1Br. The molecule has 0 amide bonds. The van der Waals surface area contributed by atoms with E-state index in [1.807, 2.05) is 32.0 Å². The molecule has 5 heteroatoms. The summed E-state index contributed by atoms with van der Waals surface area (Å²) in [5.41, 5.74) is 2.23. The maximum Gasteiger partial charge on any atom is 0.137 e. The molecule has 0 aliphatic heterocycles. The molecule has 2 aromatic rings. The van der Waals surface area contributed by atoms with E-state index >= 15 is 0 Å². The summed E-state index contributed by atoms with van der Waals surface area (Å²) in [5.74, 6) is -0.916. The van der Waals surface area contributed by atoms with Crippen LogP contribution in [-0.2, 0) is 0 Å². The Morgan fingerprint density at radius 2 is 1.81 bits per heavy atom. The standard InChI is InChI=1S/C16H15Br2F2N/c1-3-21-16(10-6-4-5-9(2)15(10)18)11-7-14(20)12(17)8-13(11)19/h4-8,16,21H,3H2,1-2H3. The minimum atomic E-state index is -0.474. The molecule has 21 heavy (non-hydrogen) atoms. The molecule has 0 bridgehead atoms. The van der Waals surface area contributed by atoms with Crippen LogP contribution < -0.4 is 5.32 Å². The van der Waals surface area contributed by atoms with Crippen molar-refractivity contribution in [2.45, 2.75) is 19.9 Å². The molecule has 1 nitrogen and oxygen atoms in total. The molecule has 2 aromatic carbocycles. The van der Waals surface area contributed by atoms with Gasteiger partial charge in [-0.3, -0.25) is 0 Å². The molecule has 112 valence electrons. The van der Waals surface area contributed by atoms with Crippen LogP contribution in [0, 0.1) is 18.6 Å². The lowest BCUT2D eigenvalue weighted by Gasteiger charge is -2.22. The Morgan fingerprint density at radius 1 is 1.10 bits per heavy atom. The van der Waals surface area contributed by atoms with Gasteiger partial charge in [-0.25, -0.2) is 8.78 Å². The summed E-state index contributed by atoms with van der Waals surface area (Å²) in [6.45, 7) is 4.54. The Balaban J connectivity index is 2.59. The first-order chi connectivity index (χ1) is 9.95. The van der Waals surface area contributed by atoms with Crippen LogP contribution in [0.1, 0.15) is 29.7 Å². The summed E-state index contributed by atoms with van der Waals surface area (Å²) < 4.78 is 29.1. The molecule has 0 aliphatic rings. The smallest absolute Gasteiger partial charge is 0.137 e. The predicted octanol–water partition coefficient (Wildman–Crippen LogP) is 5.50. The van der Waals surface area contributed by atoms with Crippen molar-refractivity contribution in [3.05, 3.63) is 67.6 Å². The monoisotopic (exact) mass is 417 g/mol. The van der Waals surface area contributed by atoms with Crippen molar-refractivity contribution in [1.82, 2.24) is 5.32 Å². The van der Waals surface area contributed by atoms with E-state index in [4.69, 9.17) is 0 Å². The maximum absolute atomic E-state index is 14.3. The zero-order valence-corrected chi connectivity index (χ0v) is 14.9. The largest absolute Gasteiger partial charge is 0.306 e. The van der Waals surface area contributed by atoms with E-state index in [-0.39, 0.29) is 4.47 Å². The molecule has 0 fully saturated rings. The maximum atomic E-state index is 14.3. The lowest BCUT2D eigenvalue weighted by atomic mass is 9.96. The average molecular weight is 419 g/mol. The average Bonchev–Trinajstić information content (AvgIpc) is 2.44. The zero-order chi connectivity index (χ0) is 15.6. The Labute approximate surface area is 140 Å². The molecular formula is C16H15Br2F2N. The Hall–Kier alpha value is -0.780. The summed E-state index contributed by atoms with van der Waals surface area (Å²) in [6, 6.07) is 7.78. The second-order valence-corrected chi connectivity index (χ2v) is 6.40. The summed E-state index contributed by atoms with van der Waals surface area (Å²) in [4.78, 5) is 0. The van der Waals surface area contributed by atoms with Gasteiger partial charge in [0.05, 0.1) is 10.5 Å². The van der Waals surface area contributed by atoms with Gasteiger partial charge in [0.15, 0.2) is 0 Å². The molecule has 0 aliphatic carbocycles. The van der Waals surface area contributed by atoms with Crippen molar-refractivity contribution in [3.63, 3.8) is 0 Å². The minimum Gasteiger partial charge on any atom is -0.306 e. The van der Waals surface area contributed by atoms with Gasteiger partial charge in [0.2, 0.25) is 0 Å². The van der Waals surface area contributed by atoms with Crippen molar-refractivity contribution in [2.24, 2.45) is 0 Å². The highest BCUT2D eigenvalue weighted by Crippen LogP contribution is 2.33. The normalized spacial score (nSPS) is 12.5. The molecule has 0 saturated carbocycles. The highest BCUT2D eigenvalue weighted by molar-refractivity contribution is 9.10. The summed E-state index contributed by atoms with van der Waals surface area (Å²) in [5, 5.41) is 3.22. The molecule has 0 aromatic heterocycles. The van der Waals surface area contributed by atoms with Crippen molar-refractivity contribution in [2.75, 3.05) is 6.54 Å². The van der Waals surface area contributed by atoms with Gasteiger partial charge in [-0.1, -0.05) is 41.1 Å². The number of benzene rings is 2. The van der Waals surface area contributed by atoms with Gasteiger partial charge in [0.1, 0.15) is 11.6 Å². The first kappa shape index (κ1) is 16.6. The van der Waals surface area contributed by atoms with Crippen molar-refractivity contribution >= 4 is 31.9 Å². The zero-order valence-electron chi connectivity index (χ0n) is 11.7. The van der Waals surface area contributed by atoms with Gasteiger partial charge in [-0.15, -0.1) is 0 Å². The third-order valence-corrected chi connectivity index (χ3v) is 4.98. The van der Waals surface area contributed by atoms with Gasteiger partial charge in [0, 0.05) is 10.0 Å². The third kappa shape index (κ3) is 3.52. The fourth-order valence-electron chi connectivity index (χ4n) is 2.24. The minimum absolute atomic E-state index is 0.127. The van der Waals surface area contributed by atoms with E-state index in [1.165, 1.54) is 12.1 Å². The van der Waals surface area contributed by atoms with Crippen LogP contribution in [0.5, 0.6) is 0 Å². The van der Waals surface area contributed by atoms with Gasteiger partial charge in [-0.05, 0) is 52.7 Å². The van der Waals surface area contributed by atoms with Crippen LogP contribution in [0.2, 0.25) is 0 Å². The van der Waals surface area contributed by atoms with E-state index in [2.05, 4.69) is 37.2 Å².